The topological polar surface area (TPSA) is 99.1 Å². The van der Waals surface area contributed by atoms with Crippen LogP contribution in [0.2, 0.25) is 0 Å². The molecule has 0 aromatic rings. The van der Waals surface area contributed by atoms with E-state index in [1.807, 2.05) is 81.9 Å². The Bertz CT molecular complexity index is 1420. The van der Waals surface area contributed by atoms with Crippen molar-refractivity contribution in [3.05, 3.63) is 122 Å². The first-order chi connectivity index (χ1) is 30.1. The molecule has 0 saturated heterocycles. The van der Waals surface area contributed by atoms with E-state index in [0.29, 0.717) is 19.3 Å². The molecule has 0 aromatic heterocycles. The van der Waals surface area contributed by atoms with Crippen molar-refractivity contribution >= 4 is 17.9 Å². The van der Waals surface area contributed by atoms with Gasteiger partial charge in [0.15, 0.2) is 12.1 Å². The van der Waals surface area contributed by atoms with Crippen molar-refractivity contribution in [1.82, 2.24) is 0 Å². The zero-order valence-electron chi connectivity index (χ0n) is 39.5. The number of carbonyl (C=O) groups is 3. The smallest absolute Gasteiger partial charge is 0.362 e. The van der Waals surface area contributed by atoms with E-state index < -0.39 is 18.1 Å². The van der Waals surface area contributed by atoms with E-state index in [1.165, 1.54) is 25.7 Å². The highest BCUT2D eigenvalue weighted by molar-refractivity contribution is 5.72. The van der Waals surface area contributed by atoms with Crippen LogP contribution < -0.4 is 0 Å². The Labute approximate surface area is 378 Å². The number of hydrogen-bond acceptors (Lipinski definition) is 6. The number of quaternary nitrogens is 1. The van der Waals surface area contributed by atoms with Crippen molar-refractivity contribution in [3.63, 3.8) is 0 Å². The molecule has 348 valence electrons. The van der Waals surface area contributed by atoms with Gasteiger partial charge in [-0.3, -0.25) is 9.59 Å². The Morgan fingerprint density at radius 3 is 1.50 bits per heavy atom. The lowest BCUT2D eigenvalue weighted by molar-refractivity contribution is -0.887. The quantitative estimate of drug-likeness (QED) is 0.0215. The van der Waals surface area contributed by atoms with Crippen LogP contribution >= 0.6 is 0 Å². The maximum atomic E-state index is 12.8. The molecule has 2 unspecified atom stereocenters. The molecule has 8 heteroatoms. The van der Waals surface area contributed by atoms with Gasteiger partial charge in [0.05, 0.1) is 34.4 Å². The fourth-order valence-corrected chi connectivity index (χ4v) is 6.10. The first-order valence-electron chi connectivity index (χ1n) is 23.7. The number of esters is 2. The first-order valence-corrected chi connectivity index (χ1v) is 23.7. The molecule has 62 heavy (non-hydrogen) atoms. The van der Waals surface area contributed by atoms with Gasteiger partial charge in [0.2, 0.25) is 0 Å². The minimum Gasteiger partial charge on any atom is -0.477 e. The summed E-state index contributed by atoms with van der Waals surface area (Å²) in [6.45, 7) is 4.47. The third kappa shape index (κ3) is 41.1. The maximum Gasteiger partial charge on any atom is 0.362 e. The second-order valence-electron chi connectivity index (χ2n) is 16.4. The zero-order valence-corrected chi connectivity index (χ0v) is 39.5. The summed E-state index contributed by atoms with van der Waals surface area (Å²) in [5, 5.41) is 9.64. The number of carbonyl (C=O) groups excluding carboxylic acids is 2. The normalized spacial score (nSPS) is 14.0. The summed E-state index contributed by atoms with van der Waals surface area (Å²) in [7, 11) is 5.49. The average Bonchev–Trinajstić information content (AvgIpc) is 3.23. The molecule has 0 bridgehead atoms. The van der Waals surface area contributed by atoms with Gasteiger partial charge in [0.25, 0.3) is 0 Å². The molecule has 0 aliphatic rings. The van der Waals surface area contributed by atoms with E-state index in [-0.39, 0.29) is 42.7 Å². The summed E-state index contributed by atoms with van der Waals surface area (Å²) in [5.41, 5.74) is 0. The lowest BCUT2D eigenvalue weighted by Gasteiger charge is -2.31. The van der Waals surface area contributed by atoms with Gasteiger partial charge in [-0.1, -0.05) is 174 Å². The Morgan fingerprint density at radius 2 is 0.968 bits per heavy atom. The average molecular weight is 861 g/mol. The van der Waals surface area contributed by atoms with Crippen LogP contribution in [0.25, 0.3) is 0 Å². The standard InChI is InChI=1S/C54H85NO7/c1-6-8-10-12-14-16-18-20-22-24-25-26-27-29-31-33-35-37-39-41-43-45-53(57)62-50(48-60-47-46-51(54(58)59)55(3,4)5)49-61-52(56)44-42-40-38-36-34-32-30-28-23-21-19-17-15-13-11-9-7-2/h9,11,13-17,19-23,25-26,28-32,34,50-51H,6-8,10,12,18,24,27,33,35-49H2,1-5H3/p+1/b11-9+,15-13+,16-14+,19-17+,22-20+,23-21+,26-25+,30-28+,31-29+,34-32+. The monoisotopic (exact) mass is 861 g/mol. The van der Waals surface area contributed by atoms with Crippen LogP contribution in [0.5, 0.6) is 0 Å². The molecule has 0 amide bonds. The van der Waals surface area contributed by atoms with Crippen molar-refractivity contribution in [2.24, 2.45) is 0 Å². The number of aliphatic carboxylic acids is 1. The number of allylic oxidation sites excluding steroid dienone is 20. The Balaban J connectivity index is 4.46. The molecule has 2 atom stereocenters. The van der Waals surface area contributed by atoms with E-state index in [9.17, 15) is 19.5 Å². The van der Waals surface area contributed by atoms with Gasteiger partial charge in [-0.2, -0.15) is 0 Å². The summed E-state index contributed by atoms with van der Waals surface area (Å²) in [6, 6.07) is -0.634. The number of unbranched alkanes of at least 4 members (excludes halogenated alkanes) is 11. The predicted molar refractivity (Wildman–Crippen MR) is 261 cm³/mol. The zero-order chi connectivity index (χ0) is 45.6. The summed E-state index contributed by atoms with van der Waals surface area (Å²) in [5.74, 6) is -1.57. The van der Waals surface area contributed by atoms with E-state index in [0.717, 1.165) is 83.5 Å². The first kappa shape index (κ1) is 57.7. The summed E-state index contributed by atoms with van der Waals surface area (Å²) >= 11 is 0. The van der Waals surface area contributed by atoms with Crippen LogP contribution in [-0.2, 0) is 28.6 Å². The van der Waals surface area contributed by atoms with Crippen LogP contribution in [-0.4, -0.2) is 80.6 Å². The molecular weight excluding hydrogens is 775 g/mol. The van der Waals surface area contributed by atoms with Crippen LogP contribution in [0, 0.1) is 0 Å². The number of nitrogens with zero attached hydrogens (tertiary/aromatic N) is 1. The van der Waals surface area contributed by atoms with Gasteiger partial charge < -0.3 is 23.8 Å². The Morgan fingerprint density at radius 1 is 0.516 bits per heavy atom. The molecule has 0 radical (unpaired) electrons. The lowest BCUT2D eigenvalue weighted by Crippen LogP contribution is -2.50. The molecule has 0 fully saturated rings. The van der Waals surface area contributed by atoms with Gasteiger partial charge >= 0.3 is 17.9 Å². The van der Waals surface area contributed by atoms with Crippen LogP contribution in [0.1, 0.15) is 149 Å². The van der Waals surface area contributed by atoms with Crippen LogP contribution in [0.3, 0.4) is 0 Å². The molecule has 0 saturated carbocycles. The van der Waals surface area contributed by atoms with Crippen LogP contribution in [0.15, 0.2) is 122 Å². The van der Waals surface area contributed by atoms with Gasteiger partial charge in [0, 0.05) is 19.3 Å². The predicted octanol–water partition coefficient (Wildman–Crippen LogP) is 13.4. The van der Waals surface area contributed by atoms with Crippen molar-refractivity contribution in [1.29, 1.82) is 0 Å². The number of rotatable bonds is 40. The highest BCUT2D eigenvalue weighted by atomic mass is 16.6. The molecule has 1 N–H and O–H groups in total. The Kier molecular flexibility index (Phi) is 40.4. The third-order valence-electron chi connectivity index (χ3n) is 9.76. The highest BCUT2D eigenvalue weighted by Gasteiger charge is 2.31. The second-order valence-corrected chi connectivity index (χ2v) is 16.4. The molecular formula is C54H86NO7+. The molecule has 0 aromatic carbocycles. The summed E-state index contributed by atoms with van der Waals surface area (Å²) < 4.78 is 17.2. The number of likely N-dealkylation sites (N-methyl/N-ethyl adjacent to an activating group) is 1. The minimum atomic E-state index is -0.891. The van der Waals surface area contributed by atoms with E-state index in [2.05, 4.69) is 74.6 Å². The molecule has 0 aliphatic carbocycles. The molecule has 0 aliphatic heterocycles. The van der Waals surface area contributed by atoms with Crippen molar-refractivity contribution in [3.8, 4) is 0 Å². The largest absolute Gasteiger partial charge is 0.477 e. The summed E-state index contributed by atoms with van der Waals surface area (Å²) in [6.07, 6.45) is 61.0. The van der Waals surface area contributed by atoms with E-state index >= 15 is 0 Å². The number of carboxylic acid groups (broad SMARTS) is 1. The number of ether oxygens (including phenoxy) is 3. The second kappa shape index (κ2) is 43.4. The van der Waals surface area contributed by atoms with Crippen molar-refractivity contribution in [2.75, 3.05) is 41.0 Å². The lowest BCUT2D eigenvalue weighted by atomic mass is 10.1. The Hall–Kier alpha value is -4.27. The molecule has 0 heterocycles. The third-order valence-corrected chi connectivity index (χ3v) is 9.76. The molecule has 0 rings (SSSR count). The van der Waals surface area contributed by atoms with E-state index in [4.69, 9.17) is 14.2 Å². The number of carboxylic acids is 1. The fraction of sp³-hybridized carbons (Fsp3) is 0.574. The van der Waals surface area contributed by atoms with Gasteiger partial charge in [-0.25, -0.2) is 4.79 Å². The van der Waals surface area contributed by atoms with Gasteiger partial charge in [-0.15, -0.1) is 0 Å². The van der Waals surface area contributed by atoms with Crippen molar-refractivity contribution in [2.45, 2.75) is 161 Å². The maximum absolute atomic E-state index is 12.8. The molecule has 0 spiro atoms. The summed E-state index contributed by atoms with van der Waals surface area (Å²) in [4.78, 5) is 37.1. The minimum absolute atomic E-state index is 0.0293. The van der Waals surface area contributed by atoms with Gasteiger partial charge in [0.1, 0.15) is 6.61 Å². The SMILES string of the molecule is CC/C=C/C=C/C=C/C=C/C=C/C=C/CCCCCC(=O)OCC(COCCC(C(=O)O)[N+](C)(C)C)OC(=O)CCCCCCC/C=C/C/C=C/C/C=C/C/C=C/CCCCC. The highest BCUT2D eigenvalue weighted by Crippen LogP contribution is 2.12. The molecule has 8 nitrogen and oxygen atoms in total. The van der Waals surface area contributed by atoms with Gasteiger partial charge in [-0.05, 0) is 77.0 Å². The number of hydrogen-bond donors (Lipinski definition) is 1. The van der Waals surface area contributed by atoms with Crippen molar-refractivity contribution < 1.29 is 38.2 Å². The van der Waals surface area contributed by atoms with Crippen LogP contribution in [0.4, 0.5) is 0 Å². The van der Waals surface area contributed by atoms with E-state index in [1.54, 1.807) is 0 Å². The fourth-order valence-electron chi connectivity index (χ4n) is 6.10.